The van der Waals surface area contributed by atoms with Crippen LogP contribution >= 0.6 is 0 Å². The molecule has 0 fully saturated rings. The summed E-state index contributed by atoms with van der Waals surface area (Å²) in [7, 11) is 0. The zero-order valence-corrected chi connectivity index (χ0v) is 12.5. The molecule has 24 heavy (non-hydrogen) atoms. The van der Waals surface area contributed by atoms with Crippen LogP contribution in [-0.4, -0.2) is 24.5 Å². The molecule has 0 bridgehead atoms. The highest BCUT2D eigenvalue weighted by molar-refractivity contribution is 5.33. The molecule has 4 nitrogen and oxygen atoms in total. The van der Waals surface area contributed by atoms with Crippen molar-refractivity contribution < 1.29 is 27.8 Å². The van der Waals surface area contributed by atoms with Crippen molar-refractivity contribution in [2.24, 2.45) is 0 Å². The molecule has 0 aromatic heterocycles. The number of nitriles is 1. The molecule has 0 aliphatic rings. The van der Waals surface area contributed by atoms with Gasteiger partial charge in [0.1, 0.15) is 24.2 Å². The van der Waals surface area contributed by atoms with Crippen molar-refractivity contribution in [1.29, 1.82) is 5.26 Å². The highest BCUT2D eigenvalue weighted by Crippen LogP contribution is 2.22. The number of aliphatic hydroxyl groups is 1. The summed E-state index contributed by atoms with van der Waals surface area (Å²) in [6.07, 6.45) is -5.28. The lowest BCUT2D eigenvalue weighted by Gasteiger charge is -2.13. The first-order valence-corrected chi connectivity index (χ1v) is 6.98. The topological polar surface area (TPSA) is 62.5 Å². The van der Waals surface area contributed by atoms with Gasteiger partial charge in [-0.3, -0.25) is 0 Å². The monoisotopic (exact) mass is 337 g/mol. The molecule has 0 amide bonds. The molecular formula is C17H14F3NO3. The molecule has 7 heteroatoms. The molecule has 2 rings (SSSR count). The van der Waals surface area contributed by atoms with Crippen molar-refractivity contribution in [3.05, 3.63) is 59.7 Å². The van der Waals surface area contributed by atoms with Gasteiger partial charge in [0.15, 0.2) is 6.61 Å². The Morgan fingerprint density at radius 1 is 0.958 bits per heavy atom. The summed E-state index contributed by atoms with van der Waals surface area (Å²) in [6.45, 7) is -1.39. The second kappa shape index (κ2) is 7.70. The minimum Gasteiger partial charge on any atom is -0.491 e. The summed E-state index contributed by atoms with van der Waals surface area (Å²) >= 11 is 0. The van der Waals surface area contributed by atoms with E-state index in [0.29, 0.717) is 16.9 Å². The molecule has 2 aromatic carbocycles. The van der Waals surface area contributed by atoms with Gasteiger partial charge in [-0.25, -0.2) is 0 Å². The fraction of sp³-hybridized carbons (Fsp3) is 0.235. The number of halogens is 3. The lowest BCUT2D eigenvalue weighted by atomic mass is 10.1. The van der Waals surface area contributed by atoms with Gasteiger partial charge in [-0.2, -0.15) is 18.4 Å². The summed E-state index contributed by atoms with van der Waals surface area (Å²) in [5.74, 6) is 0.467. The van der Waals surface area contributed by atoms with Gasteiger partial charge in [-0.1, -0.05) is 12.1 Å². The van der Waals surface area contributed by atoms with Crippen LogP contribution in [0, 0.1) is 11.3 Å². The van der Waals surface area contributed by atoms with Gasteiger partial charge in [-0.15, -0.1) is 0 Å². The molecule has 1 atom stereocenters. The van der Waals surface area contributed by atoms with Crippen LogP contribution in [0.1, 0.15) is 17.2 Å². The smallest absolute Gasteiger partial charge is 0.422 e. The van der Waals surface area contributed by atoms with Crippen LogP contribution in [0.4, 0.5) is 13.2 Å². The highest BCUT2D eigenvalue weighted by Gasteiger charge is 2.28. The number of rotatable bonds is 6. The van der Waals surface area contributed by atoms with E-state index in [1.165, 1.54) is 24.3 Å². The average molecular weight is 337 g/mol. The average Bonchev–Trinajstić information content (AvgIpc) is 2.58. The van der Waals surface area contributed by atoms with Crippen LogP contribution in [0.3, 0.4) is 0 Å². The standard InChI is InChI=1S/C17H14F3NO3/c18-17(19,20)11-24-15-7-5-14(6-8-15)23-10-16(22)13-3-1-12(9-21)2-4-13/h1-8,16,22H,10-11H2. The molecule has 126 valence electrons. The second-order valence-corrected chi connectivity index (χ2v) is 4.94. The Bertz CT molecular complexity index is 691. The van der Waals surface area contributed by atoms with Crippen molar-refractivity contribution >= 4 is 0 Å². The van der Waals surface area contributed by atoms with E-state index in [-0.39, 0.29) is 12.4 Å². The van der Waals surface area contributed by atoms with E-state index in [0.717, 1.165) is 0 Å². The summed E-state index contributed by atoms with van der Waals surface area (Å²) in [6, 6.07) is 14.0. The van der Waals surface area contributed by atoms with Crippen LogP contribution in [0.2, 0.25) is 0 Å². The molecule has 0 aliphatic carbocycles. The number of benzene rings is 2. The number of aliphatic hydroxyl groups excluding tert-OH is 1. The summed E-state index contributed by atoms with van der Waals surface area (Å²) in [5, 5.41) is 18.7. The van der Waals surface area contributed by atoms with Gasteiger partial charge in [0, 0.05) is 0 Å². The number of hydrogen-bond donors (Lipinski definition) is 1. The van der Waals surface area contributed by atoms with E-state index in [4.69, 9.17) is 10.00 Å². The number of alkyl halides is 3. The summed E-state index contributed by atoms with van der Waals surface area (Å²) in [4.78, 5) is 0. The fourth-order valence-electron chi connectivity index (χ4n) is 1.85. The zero-order valence-electron chi connectivity index (χ0n) is 12.5. The molecule has 0 saturated heterocycles. The van der Waals surface area contributed by atoms with E-state index in [9.17, 15) is 18.3 Å². The second-order valence-electron chi connectivity index (χ2n) is 4.94. The van der Waals surface area contributed by atoms with Crippen LogP contribution in [0.25, 0.3) is 0 Å². The van der Waals surface area contributed by atoms with Crippen molar-refractivity contribution in [2.45, 2.75) is 12.3 Å². The van der Waals surface area contributed by atoms with Crippen molar-refractivity contribution in [1.82, 2.24) is 0 Å². The highest BCUT2D eigenvalue weighted by atomic mass is 19.4. The third kappa shape index (κ3) is 5.48. The first-order valence-electron chi connectivity index (χ1n) is 6.98. The molecule has 0 spiro atoms. The van der Waals surface area contributed by atoms with Gasteiger partial charge in [0.25, 0.3) is 0 Å². The van der Waals surface area contributed by atoms with Crippen molar-refractivity contribution in [2.75, 3.05) is 13.2 Å². The Balaban J connectivity index is 1.86. The molecule has 1 N–H and O–H groups in total. The number of hydrogen-bond acceptors (Lipinski definition) is 4. The van der Waals surface area contributed by atoms with Crippen LogP contribution in [0.15, 0.2) is 48.5 Å². The quantitative estimate of drug-likeness (QED) is 0.875. The minimum atomic E-state index is -4.39. The van der Waals surface area contributed by atoms with E-state index in [2.05, 4.69) is 4.74 Å². The zero-order chi connectivity index (χ0) is 17.6. The maximum absolute atomic E-state index is 12.0. The lowest BCUT2D eigenvalue weighted by Crippen LogP contribution is -2.19. The molecule has 0 heterocycles. The molecule has 1 unspecified atom stereocenters. The first kappa shape index (κ1) is 17.6. The predicted octanol–water partition coefficient (Wildman–Crippen LogP) is 3.61. The minimum absolute atomic E-state index is 0.0331. The van der Waals surface area contributed by atoms with Crippen LogP contribution < -0.4 is 9.47 Å². The molecule has 0 saturated carbocycles. The summed E-state index contributed by atoms with van der Waals surface area (Å²) < 4.78 is 46.1. The normalized spacial score (nSPS) is 12.3. The number of nitrogens with zero attached hydrogens (tertiary/aromatic N) is 1. The Hall–Kier alpha value is -2.72. The van der Waals surface area contributed by atoms with Crippen LogP contribution in [-0.2, 0) is 0 Å². The maximum Gasteiger partial charge on any atom is 0.422 e. The largest absolute Gasteiger partial charge is 0.491 e. The van der Waals surface area contributed by atoms with Crippen molar-refractivity contribution in [3.8, 4) is 17.6 Å². The van der Waals surface area contributed by atoms with Gasteiger partial charge < -0.3 is 14.6 Å². The third-order valence-corrected chi connectivity index (χ3v) is 3.06. The van der Waals surface area contributed by atoms with Gasteiger partial charge in [0.2, 0.25) is 0 Å². The summed E-state index contributed by atoms with van der Waals surface area (Å²) in [5.41, 5.74) is 1.08. The van der Waals surface area contributed by atoms with Crippen molar-refractivity contribution in [3.63, 3.8) is 0 Å². The SMILES string of the molecule is N#Cc1ccc(C(O)COc2ccc(OCC(F)(F)F)cc2)cc1. The first-order chi connectivity index (χ1) is 11.4. The molecular weight excluding hydrogens is 323 g/mol. The number of ether oxygens (including phenoxy) is 2. The Morgan fingerprint density at radius 3 is 2.00 bits per heavy atom. The van der Waals surface area contributed by atoms with E-state index in [1.54, 1.807) is 24.3 Å². The maximum atomic E-state index is 12.0. The Morgan fingerprint density at radius 2 is 1.50 bits per heavy atom. The predicted molar refractivity (Wildman–Crippen MR) is 79.6 cm³/mol. The van der Waals surface area contributed by atoms with Crippen LogP contribution in [0.5, 0.6) is 11.5 Å². The van der Waals surface area contributed by atoms with E-state index in [1.807, 2.05) is 6.07 Å². The van der Waals surface area contributed by atoms with Gasteiger partial charge in [-0.05, 0) is 42.0 Å². The van der Waals surface area contributed by atoms with Gasteiger partial charge >= 0.3 is 6.18 Å². The Kier molecular flexibility index (Phi) is 5.66. The lowest BCUT2D eigenvalue weighted by molar-refractivity contribution is -0.153. The Labute approximate surface area is 136 Å². The molecule has 2 aromatic rings. The van der Waals surface area contributed by atoms with Gasteiger partial charge in [0.05, 0.1) is 11.6 Å². The van der Waals surface area contributed by atoms with E-state index < -0.39 is 18.9 Å². The van der Waals surface area contributed by atoms with E-state index >= 15 is 0 Å². The molecule has 0 aliphatic heterocycles. The molecule has 0 radical (unpaired) electrons. The third-order valence-electron chi connectivity index (χ3n) is 3.06. The fourth-order valence-corrected chi connectivity index (χ4v) is 1.85.